The summed E-state index contributed by atoms with van der Waals surface area (Å²) in [5, 5.41) is 0. The molecule has 0 heterocycles. The van der Waals surface area contributed by atoms with Gasteiger partial charge in [-0.2, -0.15) is 0 Å². The van der Waals surface area contributed by atoms with Crippen LogP contribution in [0.25, 0.3) is 0 Å². The number of hydrogen-bond donors (Lipinski definition) is 0. The number of rotatable bonds is 4. The van der Waals surface area contributed by atoms with Gasteiger partial charge in [-0.15, -0.1) is 0 Å². The summed E-state index contributed by atoms with van der Waals surface area (Å²) in [6, 6.07) is 5.53. The Labute approximate surface area is 97.0 Å². The van der Waals surface area contributed by atoms with Gasteiger partial charge in [0.05, 0.1) is 7.11 Å². The fourth-order valence-corrected chi connectivity index (χ4v) is 1.70. The van der Waals surface area contributed by atoms with Crippen molar-refractivity contribution < 1.29 is 9.53 Å². The topological polar surface area (TPSA) is 29.5 Å². The SMILES string of the molecule is CCN(CC)C(=O)c1ccc(OC)c(C)c1. The van der Waals surface area contributed by atoms with Gasteiger partial charge in [-0.05, 0) is 44.5 Å². The lowest BCUT2D eigenvalue weighted by Crippen LogP contribution is -2.30. The third kappa shape index (κ3) is 2.54. The van der Waals surface area contributed by atoms with Crippen LogP contribution < -0.4 is 4.74 Å². The zero-order valence-corrected chi connectivity index (χ0v) is 10.4. The zero-order chi connectivity index (χ0) is 12.1. The van der Waals surface area contributed by atoms with Gasteiger partial charge in [0.15, 0.2) is 0 Å². The van der Waals surface area contributed by atoms with Crippen LogP contribution in [0.2, 0.25) is 0 Å². The lowest BCUT2D eigenvalue weighted by atomic mass is 10.1. The quantitative estimate of drug-likeness (QED) is 0.781. The largest absolute Gasteiger partial charge is 0.496 e. The fourth-order valence-electron chi connectivity index (χ4n) is 1.70. The highest BCUT2D eigenvalue weighted by molar-refractivity contribution is 5.94. The van der Waals surface area contributed by atoms with E-state index in [1.807, 2.05) is 39.0 Å². The van der Waals surface area contributed by atoms with Gasteiger partial charge in [0.2, 0.25) is 0 Å². The first-order valence-corrected chi connectivity index (χ1v) is 5.57. The van der Waals surface area contributed by atoms with Gasteiger partial charge in [-0.3, -0.25) is 4.79 Å². The van der Waals surface area contributed by atoms with Crippen LogP contribution >= 0.6 is 0 Å². The molecular formula is C13H19NO2. The van der Waals surface area contributed by atoms with Crippen molar-refractivity contribution in [2.24, 2.45) is 0 Å². The molecule has 16 heavy (non-hydrogen) atoms. The van der Waals surface area contributed by atoms with E-state index in [0.29, 0.717) is 0 Å². The lowest BCUT2D eigenvalue weighted by molar-refractivity contribution is 0.0773. The first-order chi connectivity index (χ1) is 7.63. The second kappa shape index (κ2) is 5.54. The van der Waals surface area contributed by atoms with Crippen molar-refractivity contribution in [3.8, 4) is 5.75 Å². The third-order valence-electron chi connectivity index (χ3n) is 2.69. The molecule has 88 valence electrons. The molecule has 0 unspecified atom stereocenters. The van der Waals surface area contributed by atoms with E-state index in [1.165, 1.54) is 0 Å². The Hall–Kier alpha value is -1.51. The molecule has 3 heteroatoms. The highest BCUT2D eigenvalue weighted by atomic mass is 16.5. The Balaban J connectivity index is 2.96. The molecule has 1 aromatic carbocycles. The number of carbonyl (C=O) groups excluding carboxylic acids is 1. The van der Waals surface area contributed by atoms with E-state index in [2.05, 4.69) is 0 Å². The van der Waals surface area contributed by atoms with Gasteiger partial charge >= 0.3 is 0 Å². The van der Waals surface area contributed by atoms with E-state index < -0.39 is 0 Å². The van der Waals surface area contributed by atoms with Crippen molar-refractivity contribution in [3.63, 3.8) is 0 Å². The summed E-state index contributed by atoms with van der Waals surface area (Å²) in [5.41, 5.74) is 1.71. The molecule has 0 aliphatic heterocycles. The summed E-state index contributed by atoms with van der Waals surface area (Å²) < 4.78 is 5.17. The molecule has 1 rings (SSSR count). The van der Waals surface area contributed by atoms with E-state index in [0.717, 1.165) is 30.0 Å². The predicted octanol–water partition coefficient (Wildman–Crippen LogP) is 2.49. The van der Waals surface area contributed by atoms with E-state index in [9.17, 15) is 4.79 Å². The van der Waals surface area contributed by atoms with Crippen LogP contribution in [0.15, 0.2) is 18.2 Å². The standard InChI is InChI=1S/C13H19NO2/c1-5-14(6-2)13(15)11-7-8-12(16-4)10(3)9-11/h7-9H,5-6H2,1-4H3. The number of nitrogens with zero attached hydrogens (tertiary/aromatic N) is 1. The number of benzene rings is 1. The molecule has 0 saturated heterocycles. The molecule has 0 radical (unpaired) electrons. The third-order valence-corrected chi connectivity index (χ3v) is 2.69. The minimum Gasteiger partial charge on any atom is -0.496 e. The second-order valence-corrected chi connectivity index (χ2v) is 3.66. The maximum atomic E-state index is 12.0. The maximum Gasteiger partial charge on any atom is 0.253 e. The smallest absolute Gasteiger partial charge is 0.253 e. The molecule has 0 saturated carbocycles. The van der Waals surface area contributed by atoms with Crippen LogP contribution in [-0.4, -0.2) is 31.0 Å². The van der Waals surface area contributed by atoms with Gasteiger partial charge < -0.3 is 9.64 Å². The molecule has 0 atom stereocenters. The fraction of sp³-hybridized carbons (Fsp3) is 0.462. The van der Waals surface area contributed by atoms with Crippen LogP contribution in [-0.2, 0) is 0 Å². The van der Waals surface area contributed by atoms with E-state index in [-0.39, 0.29) is 5.91 Å². The number of methoxy groups -OCH3 is 1. The molecule has 1 aromatic rings. The summed E-state index contributed by atoms with van der Waals surface area (Å²) in [7, 11) is 1.63. The molecular weight excluding hydrogens is 202 g/mol. The van der Waals surface area contributed by atoms with Crippen LogP contribution in [0.4, 0.5) is 0 Å². The molecule has 0 bridgehead atoms. The second-order valence-electron chi connectivity index (χ2n) is 3.66. The average molecular weight is 221 g/mol. The Morgan fingerprint density at radius 2 is 1.94 bits per heavy atom. The molecule has 0 aliphatic rings. The molecule has 0 aromatic heterocycles. The summed E-state index contributed by atoms with van der Waals surface area (Å²) in [6.45, 7) is 7.38. The van der Waals surface area contributed by atoms with Gasteiger partial charge in [0, 0.05) is 18.7 Å². The van der Waals surface area contributed by atoms with Gasteiger partial charge in [-0.25, -0.2) is 0 Å². The van der Waals surface area contributed by atoms with Crippen molar-refractivity contribution in [1.82, 2.24) is 4.90 Å². The first-order valence-electron chi connectivity index (χ1n) is 5.57. The van der Waals surface area contributed by atoms with Crippen molar-refractivity contribution >= 4 is 5.91 Å². The van der Waals surface area contributed by atoms with Gasteiger partial charge in [0.1, 0.15) is 5.75 Å². The van der Waals surface area contributed by atoms with Crippen LogP contribution in [0, 0.1) is 6.92 Å². The highest BCUT2D eigenvalue weighted by Crippen LogP contribution is 2.19. The van der Waals surface area contributed by atoms with Crippen LogP contribution in [0.3, 0.4) is 0 Å². The van der Waals surface area contributed by atoms with Crippen molar-refractivity contribution in [2.75, 3.05) is 20.2 Å². The molecule has 0 aliphatic carbocycles. The molecule has 0 fully saturated rings. The van der Waals surface area contributed by atoms with E-state index in [1.54, 1.807) is 12.0 Å². The number of amides is 1. The van der Waals surface area contributed by atoms with Crippen molar-refractivity contribution in [3.05, 3.63) is 29.3 Å². The monoisotopic (exact) mass is 221 g/mol. The van der Waals surface area contributed by atoms with Crippen LogP contribution in [0.1, 0.15) is 29.8 Å². The maximum absolute atomic E-state index is 12.0. The Kier molecular flexibility index (Phi) is 4.35. The van der Waals surface area contributed by atoms with Gasteiger partial charge in [-0.1, -0.05) is 0 Å². The minimum atomic E-state index is 0.0794. The van der Waals surface area contributed by atoms with Crippen molar-refractivity contribution in [2.45, 2.75) is 20.8 Å². The first kappa shape index (κ1) is 12.6. The number of aryl methyl sites for hydroxylation is 1. The van der Waals surface area contributed by atoms with Gasteiger partial charge in [0.25, 0.3) is 5.91 Å². The molecule has 0 N–H and O–H groups in total. The summed E-state index contributed by atoms with van der Waals surface area (Å²) >= 11 is 0. The number of ether oxygens (including phenoxy) is 1. The summed E-state index contributed by atoms with van der Waals surface area (Å²) in [5.74, 6) is 0.895. The van der Waals surface area contributed by atoms with E-state index >= 15 is 0 Å². The number of carbonyl (C=O) groups is 1. The Morgan fingerprint density at radius 1 is 1.31 bits per heavy atom. The molecule has 1 amide bonds. The summed E-state index contributed by atoms with van der Waals surface area (Å²) in [6.07, 6.45) is 0. The molecule has 0 spiro atoms. The zero-order valence-electron chi connectivity index (χ0n) is 10.4. The highest BCUT2D eigenvalue weighted by Gasteiger charge is 2.13. The van der Waals surface area contributed by atoms with E-state index in [4.69, 9.17) is 4.74 Å². The normalized spacial score (nSPS) is 10.0. The Morgan fingerprint density at radius 3 is 2.38 bits per heavy atom. The summed E-state index contributed by atoms with van der Waals surface area (Å²) in [4.78, 5) is 13.9. The predicted molar refractivity (Wildman–Crippen MR) is 65.0 cm³/mol. The van der Waals surface area contributed by atoms with Crippen molar-refractivity contribution in [1.29, 1.82) is 0 Å². The van der Waals surface area contributed by atoms with Crippen LogP contribution in [0.5, 0.6) is 5.75 Å². The lowest BCUT2D eigenvalue weighted by Gasteiger charge is -2.19. The molecule has 3 nitrogen and oxygen atoms in total. The number of hydrogen-bond acceptors (Lipinski definition) is 2. The average Bonchev–Trinajstić information content (AvgIpc) is 2.30. The minimum absolute atomic E-state index is 0.0794. The Bertz CT molecular complexity index is 370.